The smallest absolute Gasteiger partial charge is 0.224 e. The summed E-state index contributed by atoms with van der Waals surface area (Å²) in [4.78, 5) is 12.0. The van der Waals surface area contributed by atoms with Gasteiger partial charge in [-0.15, -0.1) is 0 Å². The van der Waals surface area contributed by atoms with Gasteiger partial charge in [-0.25, -0.2) is 0 Å². The number of rotatable bonds is 4. The fourth-order valence-electron chi connectivity index (χ4n) is 2.32. The molecule has 104 valence electrons. The highest BCUT2D eigenvalue weighted by atomic mass is 79.9. The van der Waals surface area contributed by atoms with Gasteiger partial charge < -0.3 is 10.6 Å². The summed E-state index contributed by atoms with van der Waals surface area (Å²) in [6, 6.07) is 5.78. The molecule has 1 heterocycles. The van der Waals surface area contributed by atoms with Gasteiger partial charge in [0.15, 0.2) is 0 Å². The zero-order chi connectivity index (χ0) is 13.7. The fourth-order valence-corrected chi connectivity index (χ4v) is 3.52. The molecule has 0 aromatic heterocycles. The van der Waals surface area contributed by atoms with Crippen LogP contribution in [0.25, 0.3) is 0 Å². The number of anilines is 1. The van der Waals surface area contributed by atoms with Crippen LogP contribution in [0.5, 0.6) is 0 Å². The highest BCUT2D eigenvalue weighted by Gasteiger charge is 2.15. The summed E-state index contributed by atoms with van der Waals surface area (Å²) in [7, 11) is 0. The Morgan fingerprint density at radius 2 is 1.89 bits per heavy atom. The monoisotopic (exact) mass is 388 g/mol. The molecule has 0 atom stereocenters. The van der Waals surface area contributed by atoms with Gasteiger partial charge in [0, 0.05) is 15.4 Å². The normalized spacial score (nSPS) is 16.3. The summed E-state index contributed by atoms with van der Waals surface area (Å²) in [5, 5.41) is 6.31. The third-order valence-electron chi connectivity index (χ3n) is 3.47. The summed E-state index contributed by atoms with van der Waals surface area (Å²) in [6.45, 7) is 2.17. The van der Waals surface area contributed by atoms with Crippen LogP contribution < -0.4 is 10.6 Å². The van der Waals surface area contributed by atoms with Crippen LogP contribution in [0.4, 0.5) is 5.69 Å². The molecule has 0 radical (unpaired) electrons. The predicted molar refractivity (Wildman–Crippen MR) is 85.3 cm³/mol. The van der Waals surface area contributed by atoms with E-state index in [1.807, 2.05) is 18.2 Å². The number of piperidine rings is 1. The highest BCUT2D eigenvalue weighted by Crippen LogP contribution is 2.30. The Morgan fingerprint density at radius 3 is 2.53 bits per heavy atom. The minimum atomic E-state index is 0.0890. The van der Waals surface area contributed by atoms with Crippen LogP contribution in [0.15, 0.2) is 27.1 Å². The van der Waals surface area contributed by atoms with E-state index < -0.39 is 0 Å². The second kappa shape index (κ2) is 7.41. The Hall–Kier alpha value is -0.390. The maximum absolute atomic E-state index is 12.0. The zero-order valence-corrected chi connectivity index (χ0v) is 13.9. The van der Waals surface area contributed by atoms with Crippen LogP contribution in [0, 0.1) is 5.92 Å². The van der Waals surface area contributed by atoms with E-state index in [9.17, 15) is 4.79 Å². The molecule has 2 rings (SSSR count). The molecule has 1 saturated heterocycles. The molecule has 1 aromatic carbocycles. The van der Waals surface area contributed by atoms with Gasteiger partial charge in [-0.2, -0.15) is 0 Å². The molecule has 3 nitrogen and oxygen atoms in total. The van der Waals surface area contributed by atoms with Crippen molar-refractivity contribution in [3.63, 3.8) is 0 Å². The maximum Gasteiger partial charge on any atom is 0.224 e. The number of amides is 1. The van der Waals surface area contributed by atoms with Gasteiger partial charge in [-0.1, -0.05) is 6.07 Å². The van der Waals surface area contributed by atoms with E-state index in [1.165, 1.54) is 12.8 Å². The predicted octanol–water partition coefficient (Wildman–Crippen LogP) is 3.93. The largest absolute Gasteiger partial charge is 0.324 e. The van der Waals surface area contributed by atoms with Crippen molar-refractivity contribution in [2.45, 2.75) is 25.7 Å². The van der Waals surface area contributed by atoms with E-state index in [2.05, 4.69) is 42.5 Å². The summed E-state index contributed by atoms with van der Waals surface area (Å²) in [5.41, 5.74) is 0.817. The Kier molecular flexibility index (Phi) is 5.85. The number of nitrogens with one attached hydrogen (secondary N) is 2. The standard InChI is InChI=1S/C14H18Br2N2O/c15-11-2-1-3-12(16)14(11)18-13(19)5-4-10-6-8-17-9-7-10/h1-3,10,17H,4-9H2,(H,18,19). The maximum atomic E-state index is 12.0. The molecular formula is C14H18Br2N2O. The first-order valence-electron chi connectivity index (χ1n) is 6.61. The third kappa shape index (κ3) is 4.58. The van der Waals surface area contributed by atoms with Crippen LogP contribution in [-0.2, 0) is 4.79 Å². The van der Waals surface area contributed by atoms with Crippen molar-refractivity contribution in [2.75, 3.05) is 18.4 Å². The second-order valence-corrected chi connectivity index (χ2v) is 6.59. The Labute approximate surface area is 130 Å². The number of carbonyl (C=O) groups is 1. The van der Waals surface area contributed by atoms with Crippen molar-refractivity contribution >= 4 is 43.5 Å². The lowest BCUT2D eigenvalue weighted by Gasteiger charge is -2.22. The van der Waals surface area contributed by atoms with Crippen molar-refractivity contribution in [3.8, 4) is 0 Å². The number of halogens is 2. The average Bonchev–Trinajstić information content (AvgIpc) is 2.42. The average molecular weight is 390 g/mol. The zero-order valence-electron chi connectivity index (χ0n) is 10.7. The lowest BCUT2D eigenvalue weighted by Crippen LogP contribution is -2.28. The van der Waals surface area contributed by atoms with Gasteiger partial charge in [-0.05, 0) is 82.3 Å². The van der Waals surface area contributed by atoms with E-state index in [4.69, 9.17) is 0 Å². The van der Waals surface area contributed by atoms with E-state index in [1.54, 1.807) is 0 Å². The molecule has 2 N–H and O–H groups in total. The van der Waals surface area contributed by atoms with Gasteiger partial charge in [0.25, 0.3) is 0 Å². The topological polar surface area (TPSA) is 41.1 Å². The SMILES string of the molecule is O=C(CCC1CCNCC1)Nc1c(Br)cccc1Br. The van der Waals surface area contributed by atoms with Crippen molar-refractivity contribution < 1.29 is 4.79 Å². The third-order valence-corrected chi connectivity index (χ3v) is 4.79. The molecule has 1 fully saturated rings. The molecule has 1 aliphatic heterocycles. The summed E-state index contributed by atoms with van der Waals surface area (Å²) in [6.07, 6.45) is 3.95. The molecule has 0 spiro atoms. The lowest BCUT2D eigenvalue weighted by atomic mass is 9.93. The first-order valence-corrected chi connectivity index (χ1v) is 8.20. The quantitative estimate of drug-likeness (QED) is 0.818. The summed E-state index contributed by atoms with van der Waals surface area (Å²) in [5.74, 6) is 0.779. The van der Waals surface area contributed by atoms with Crippen LogP contribution in [0.2, 0.25) is 0 Å². The Balaban J connectivity index is 1.83. The molecule has 1 aromatic rings. The van der Waals surface area contributed by atoms with Gasteiger partial charge in [0.2, 0.25) is 5.91 Å². The van der Waals surface area contributed by atoms with E-state index in [-0.39, 0.29) is 5.91 Å². The van der Waals surface area contributed by atoms with E-state index >= 15 is 0 Å². The Morgan fingerprint density at radius 1 is 1.26 bits per heavy atom. The minimum absolute atomic E-state index is 0.0890. The molecule has 1 amide bonds. The molecule has 0 saturated carbocycles. The highest BCUT2D eigenvalue weighted by molar-refractivity contribution is 9.11. The number of para-hydroxylation sites is 1. The molecule has 5 heteroatoms. The number of benzene rings is 1. The van der Waals surface area contributed by atoms with Crippen molar-refractivity contribution in [2.24, 2.45) is 5.92 Å². The lowest BCUT2D eigenvalue weighted by molar-refractivity contribution is -0.116. The molecular weight excluding hydrogens is 372 g/mol. The number of carbonyl (C=O) groups excluding carboxylic acids is 1. The molecule has 0 unspecified atom stereocenters. The van der Waals surface area contributed by atoms with Crippen LogP contribution in [-0.4, -0.2) is 19.0 Å². The van der Waals surface area contributed by atoms with Crippen LogP contribution in [0.1, 0.15) is 25.7 Å². The fraction of sp³-hybridized carbons (Fsp3) is 0.500. The van der Waals surface area contributed by atoms with Gasteiger partial charge >= 0.3 is 0 Å². The van der Waals surface area contributed by atoms with Gasteiger partial charge in [0.05, 0.1) is 5.69 Å². The van der Waals surface area contributed by atoms with E-state index in [0.29, 0.717) is 12.3 Å². The molecule has 19 heavy (non-hydrogen) atoms. The van der Waals surface area contributed by atoms with Crippen molar-refractivity contribution in [1.82, 2.24) is 5.32 Å². The first kappa shape index (κ1) is 15.0. The van der Waals surface area contributed by atoms with Crippen molar-refractivity contribution in [1.29, 1.82) is 0 Å². The van der Waals surface area contributed by atoms with E-state index in [0.717, 1.165) is 34.1 Å². The number of hydrogen-bond donors (Lipinski definition) is 2. The van der Waals surface area contributed by atoms with Crippen molar-refractivity contribution in [3.05, 3.63) is 27.1 Å². The molecule has 1 aliphatic rings. The first-order chi connectivity index (χ1) is 9.16. The molecule has 0 aliphatic carbocycles. The summed E-state index contributed by atoms with van der Waals surface area (Å²) >= 11 is 6.90. The Bertz CT molecular complexity index is 425. The van der Waals surface area contributed by atoms with Crippen LogP contribution in [0.3, 0.4) is 0 Å². The minimum Gasteiger partial charge on any atom is -0.324 e. The molecule has 0 bridgehead atoms. The number of hydrogen-bond acceptors (Lipinski definition) is 2. The second-order valence-electron chi connectivity index (χ2n) is 4.88. The van der Waals surface area contributed by atoms with Crippen LogP contribution >= 0.6 is 31.9 Å². The van der Waals surface area contributed by atoms with Gasteiger partial charge in [-0.3, -0.25) is 4.79 Å². The van der Waals surface area contributed by atoms with Gasteiger partial charge in [0.1, 0.15) is 0 Å². The summed E-state index contributed by atoms with van der Waals surface area (Å²) < 4.78 is 1.80.